The molecule has 2 heteroatoms. The molecule has 0 aliphatic carbocycles. The minimum absolute atomic E-state index is 0.606. The van der Waals surface area contributed by atoms with Crippen molar-refractivity contribution in [1.29, 1.82) is 0 Å². The molecule has 0 aromatic carbocycles. The van der Waals surface area contributed by atoms with Crippen molar-refractivity contribution in [3.8, 4) is 0 Å². The second kappa shape index (κ2) is 2.87. The van der Waals surface area contributed by atoms with Crippen molar-refractivity contribution in [3.05, 3.63) is 12.3 Å². The number of likely N-dealkylation sites (tertiary alicyclic amines) is 1. The van der Waals surface area contributed by atoms with Gasteiger partial charge in [-0.2, -0.15) is 0 Å². The SMILES string of the molecule is CN1CCCC1/C=C/N. The Morgan fingerprint density at radius 2 is 2.44 bits per heavy atom. The van der Waals surface area contributed by atoms with Crippen LogP contribution in [-0.2, 0) is 0 Å². The van der Waals surface area contributed by atoms with Crippen molar-refractivity contribution in [3.63, 3.8) is 0 Å². The molecular formula is C7H14N2. The predicted octanol–water partition coefficient (Wildman–Crippen LogP) is 0.553. The summed E-state index contributed by atoms with van der Waals surface area (Å²) in [5.41, 5.74) is 5.26. The molecule has 1 unspecified atom stereocenters. The second-order valence-electron chi connectivity index (χ2n) is 2.58. The van der Waals surface area contributed by atoms with Gasteiger partial charge in [-0.05, 0) is 32.6 Å². The first-order valence-electron chi connectivity index (χ1n) is 3.43. The molecule has 52 valence electrons. The van der Waals surface area contributed by atoms with Gasteiger partial charge in [0.25, 0.3) is 0 Å². The van der Waals surface area contributed by atoms with E-state index in [0.717, 1.165) is 0 Å². The number of likely N-dealkylation sites (N-methyl/N-ethyl adjacent to an activating group) is 1. The lowest BCUT2D eigenvalue weighted by molar-refractivity contribution is 0.357. The van der Waals surface area contributed by atoms with Gasteiger partial charge in [-0.3, -0.25) is 4.90 Å². The molecule has 9 heavy (non-hydrogen) atoms. The number of rotatable bonds is 1. The van der Waals surface area contributed by atoms with Gasteiger partial charge in [-0.15, -0.1) is 0 Å². The zero-order chi connectivity index (χ0) is 6.69. The van der Waals surface area contributed by atoms with Crippen molar-refractivity contribution in [1.82, 2.24) is 4.90 Å². The average molecular weight is 126 g/mol. The number of nitrogens with two attached hydrogens (primary N) is 1. The summed E-state index contributed by atoms with van der Waals surface area (Å²) in [7, 11) is 2.14. The molecule has 1 heterocycles. The molecule has 0 aromatic heterocycles. The summed E-state index contributed by atoms with van der Waals surface area (Å²) < 4.78 is 0. The van der Waals surface area contributed by atoms with Crippen LogP contribution < -0.4 is 5.73 Å². The van der Waals surface area contributed by atoms with E-state index >= 15 is 0 Å². The molecule has 1 fully saturated rings. The highest BCUT2D eigenvalue weighted by atomic mass is 15.1. The molecule has 1 rings (SSSR count). The molecule has 0 bridgehead atoms. The predicted molar refractivity (Wildman–Crippen MR) is 39.0 cm³/mol. The Bertz CT molecular complexity index is 109. The second-order valence-corrected chi connectivity index (χ2v) is 2.58. The van der Waals surface area contributed by atoms with E-state index < -0.39 is 0 Å². The van der Waals surface area contributed by atoms with Crippen molar-refractivity contribution in [2.24, 2.45) is 5.73 Å². The summed E-state index contributed by atoms with van der Waals surface area (Å²) in [5, 5.41) is 0. The Balaban J connectivity index is 2.39. The molecule has 0 amide bonds. The maximum atomic E-state index is 5.26. The van der Waals surface area contributed by atoms with Crippen LogP contribution in [0.25, 0.3) is 0 Å². The average Bonchev–Trinajstić information content (AvgIpc) is 2.18. The van der Waals surface area contributed by atoms with E-state index in [1.807, 2.05) is 0 Å². The molecule has 2 nitrogen and oxygen atoms in total. The monoisotopic (exact) mass is 126 g/mol. The van der Waals surface area contributed by atoms with E-state index in [0.29, 0.717) is 6.04 Å². The Kier molecular flexibility index (Phi) is 2.11. The zero-order valence-corrected chi connectivity index (χ0v) is 5.88. The fourth-order valence-electron chi connectivity index (χ4n) is 1.31. The van der Waals surface area contributed by atoms with Gasteiger partial charge in [0, 0.05) is 6.04 Å². The van der Waals surface area contributed by atoms with Crippen LogP contribution in [0.15, 0.2) is 12.3 Å². The largest absolute Gasteiger partial charge is 0.405 e. The Morgan fingerprint density at radius 3 is 2.89 bits per heavy atom. The van der Waals surface area contributed by atoms with E-state index in [-0.39, 0.29) is 0 Å². The van der Waals surface area contributed by atoms with Crippen LogP contribution in [0.3, 0.4) is 0 Å². The molecule has 1 aliphatic rings. The number of hydrogen-bond donors (Lipinski definition) is 1. The van der Waals surface area contributed by atoms with Gasteiger partial charge in [-0.25, -0.2) is 0 Å². The normalized spacial score (nSPS) is 30.1. The highest BCUT2D eigenvalue weighted by Crippen LogP contribution is 2.14. The van der Waals surface area contributed by atoms with Gasteiger partial charge in [0.05, 0.1) is 0 Å². The Hall–Kier alpha value is -0.500. The van der Waals surface area contributed by atoms with E-state index in [9.17, 15) is 0 Å². The summed E-state index contributed by atoms with van der Waals surface area (Å²) >= 11 is 0. The van der Waals surface area contributed by atoms with Crippen LogP contribution in [0.5, 0.6) is 0 Å². The lowest BCUT2D eigenvalue weighted by atomic mass is 10.2. The molecule has 0 spiro atoms. The quantitative estimate of drug-likeness (QED) is 0.556. The third-order valence-corrected chi connectivity index (χ3v) is 1.91. The van der Waals surface area contributed by atoms with Gasteiger partial charge in [0.1, 0.15) is 0 Å². The third-order valence-electron chi connectivity index (χ3n) is 1.91. The Morgan fingerprint density at radius 1 is 1.67 bits per heavy atom. The van der Waals surface area contributed by atoms with E-state index in [1.165, 1.54) is 19.4 Å². The van der Waals surface area contributed by atoms with E-state index in [4.69, 9.17) is 5.73 Å². The highest BCUT2D eigenvalue weighted by molar-refractivity contribution is 4.94. The summed E-state index contributed by atoms with van der Waals surface area (Å²) in [6.45, 7) is 1.22. The van der Waals surface area contributed by atoms with Crippen molar-refractivity contribution < 1.29 is 0 Å². The van der Waals surface area contributed by atoms with Gasteiger partial charge >= 0.3 is 0 Å². The first kappa shape index (κ1) is 6.62. The van der Waals surface area contributed by atoms with Crippen LogP contribution in [0, 0.1) is 0 Å². The lowest BCUT2D eigenvalue weighted by Crippen LogP contribution is -2.22. The molecule has 1 aliphatic heterocycles. The van der Waals surface area contributed by atoms with Crippen molar-refractivity contribution in [2.75, 3.05) is 13.6 Å². The first-order chi connectivity index (χ1) is 4.34. The maximum Gasteiger partial charge on any atom is 0.0292 e. The molecule has 0 radical (unpaired) electrons. The lowest BCUT2D eigenvalue weighted by Gasteiger charge is -2.13. The highest BCUT2D eigenvalue weighted by Gasteiger charge is 2.16. The van der Waals surface area contributed by atoms with Gasteiger partial charge in [-0.1, -0.05) is 6.08 Å². The smallest absolute Gasteiger partial charge is 0.0292 e. The van der Waals surface area contributed by atoms with Crippen molar-refractivity contribution in [2.45, 2.75) is 18.9 Å². The molecule has 2 N–H and O–H groups in total. The minimum Gasteiger partial charge on any atom is -0.405 e. The fraction of sp³-hybridized carbons (Fsp3) is 0.714. The van der Waals surface area contributed by atoms with Crippen LogP contribution in [0.4, 0.5) is 0 Å². The minimum atomic E-state index is 0.606. The molecule has 0 aromatic rings. The maximum absolute atomic E-state index is 5.26. The summed E-state index contributed by atoms with van der Waals surface area (Å²) in [6, 6.07) is 0.606. The van der Waals surface area contributed by atoms with Crippen LogP contribution in [0.1, 0.15) is 12.8 Å². The van der Waals surface area contributed by atoms with Crippen LogP contribution >= 0.6 is 0 Å². The Labute approximate surface area is 56.3 Å². The van der Waals surface area contributed by atoms with Gasteiger partial charge in [0.2, 0.25) is 0 Å². The van der Waals surface area contributed by atoms with E-state index in [1.54, 1.807) is 6.20 Å². The first-order valence-corrected chi connectivity index (χ1v) is 3.43. The third kappa shape index (κ3) is 1.45. The van der Waals surface area contributed by atoms with Gasteiger partial charge in [0.15, 0.2) is 0 Å². The number of hydrogen-bond acceptors (Lipinski definition) is 2. The zero-order valence-electron chi connectivity index (χ0n) is 5.88. The standard InChI is InChI=1S/C7H14N2/c1-9-6-2-3-7(9)4-5-8/h4-5,7H,2-3,6,8H2,1H3/b5-4+. The van der Waals surface area contributed by atoms with Crippen LogP contribution in [0.2, 0.25) is 0 Å². The summed E-state index contributed by atoms with van der Waals surface area (Å²) in [4.78, 5) is 2.32. The molecule has 0 saturated carbocycles. The van der Waals surface area contributed by atoms with Crippen LogP contribution in [-0.4, -0.2) is 24.5 Å². The topological polar surface area (TPSA) is 29.3 Å². The summed E-state index contributed by atoms with van der Waals surface area (Å²) in [5.74, 6) is 0. The van der Waals surface area contributed by atoms with Gasteiger partial charge < -0.3 is 5.73 Å². The molecular weight excluding hydrogens is 112 g/mol. The number of nitrogens with zero attached hydrogens (tertiary/aromatic N) is 1. The van der Waals surface area contributed by atoms with E-state index in [2.05, 4.69) is 18.0 Å². The molecule has 1 atom stereocenters. The molecule has 1 saturated heterocycles. The fourth-order valence-corrected chi connectivity index (χ4v) is 1.31. The summed E-state index contributed by atoms with van der Waals surface area (Å²) in [6.07, 6.45) is 6.29. The van der Waals surface area contributed by atoms with Crippen molar-refractivity contribution >= 4 is 0 Å².